The Morgan fingerprint density at radius 3 is 2.47 bits per heavy atom. The highest BCUT2D eigenvalue weighted by atomic mass is 32.2. The molecule has 0 bridgehead atoms. The number of nitriles is 1. The fourth-order valence-corrected chi connectivity index (χ4v) is 3.80. The Bertz CT molecular complexity index is 1070. The Balaban J connectivity index is 2.00. The van der Waals surface area contributed by atoms with Gasteiger partial charge in [0.05, 0.1) is 17.5 Å². The van der Waals surface area contributed by atoms with Crippen molar-refractivity contribution in [2.45, 2.75) is 38.3 Å². The van der Waals surface area contributed by atoms with E-state index < -0.39 is 0 Å². The Kier molecular flexibility index (Phi) is 6.58. The number of thioether (sulfide) groups is 1. The number of nitrogens with one attached hydrogen (secondary N) is 1. The molecule has 1 amide bonds. The zero-order chi connectivity index (χ0) is 21.7. The minimum atomic E-state index is -0.211. The molecule has 154 valence electrons. The maximum Gasteiger partial charge on any atom is 0.231 e. The lowest BCUT2D eigenvalue weighted by Crippen LogP contribution is -2.25. The van der Waals surface area contributed by atoms with Crippen molar-refractivity contribution < 1.29 is 4.79 Å². The number of benzene rings is 2. The summed E-state index contributed by atoms with van der Waals surface area (Å²) in [4.78, 5) is 12.0. The molecule has 0 radical (unpaired) electrons. The molecule has 0 aliphatic rings. The lowest BCUT2D eigenvalue weighted by molar-refractivity contribution is -0.118. The van der Waals surface area contributed by atoms with Gasteiger partial charge in [-0.2, -0.15) is 5.26 Å². The van der Waals surface area contributed by atoms with Gasteiger partial charge in [0, 0.05) is 5.56 Å². The van der Waals surface area contributed by atoms with E-state index in [0.717, 1.165) is 22.6 Å². The average Bonchev–Trinajstić information content (AvgIpc) is 3.14. The molecule has 3 aromatic rings. The van der Waals surface area contributed by atoms with Gasteiger partial charge in [-0.25, -0.2) is 0 Å². The molecule has 0 unspecified atom stereocenters. The summed E-state index contributed by atoms with van der Waals surface area (Å²) in [6.07, 6.45) is 0. The third kappa shape index (κ3) is 4.89. The molecule has 6 nitrogen and oxygen atoms in total. The second kappa shape index (κ2) is 9.14. The first-order valence-corrected chi connectivity index (χ1v) is 10.7. The Hall–Kier alpha value is -3.11. The zero-order valence-electron chi connectivity index (χ0n) is 17.6. The van der Waals surface area contributed by atoms with Crippen LogP contribution in [0.3, 0.4) is 0 Å². The summed E-state index contributed by atoms with van der Waals surface area (Å²) in [6, 6.07) is 18.3. The lowest BCUT2D eigenvalue weighted by Gasteiger charge is -2.19. The van der Waals surface area contributed by atoms with E-state index in [4.69, 9.17) is 5.26 Å². The van der Waals surface area contributed by atoms with Gasteiger partial charge >= 0.3 is 0 Å². The predicted octanol–water partition coefficient (Wildman–Crippen LogP) is 4.27. The molecule has 0 aliphatic carbocycles. The maximum absolute atomic E-state index is 12.0. The maximum atomic E-state index is 12.0. The van der Waals surface area contributed by atoms with Gasteiger partial charge in [-0.05, 0) is 29.5 Å². The van der Waals surface area contributed by atoms with E-state index in [2.05, 4.69) is 60.6 Å². The van der Waals surface area contributed by atoms with Crippen LogP contribution in [0.2, 0.25) is 0 Å². The number of hydrogen-bond acceptors (Lipinski definition) is 5. The quantitative estimate of drug-likeness (QED) is 0.476. The normalized spacial score (nSPS) is 11.2. The van der Waals surface area contributed by atoms with Gasteiger partial charge in [0.25, 0.3) is 0 Å². The molecule has 30 heavy (non-hydrogen) atoms. The van der Waals surface area contributed by atoms with Crippen LogP contribution in [0.1, 0.15) is 31.9 Å². The van der Waals surface area contributed by atoms with Crippen LogP contribution in [0.5, 0.6) is 0 Å². The van der Waals surface area contributed by atoms with Crippen molar-refractivity contribution in [1.29, 1.82) is 5.26 Å². The standard InChI is InChI=1S/C23H25N5OS/c1-16-7-5-6-8-19(16)28-21(17-9-11-18(12-10-17)23(2,3)4)26-27-22(28)30-15-20(29)25-14-13-24/h5-12H,14-15H2,1-4H3,(H,25,29). The predicted molar refractivity (Wildman–Crippen MR) is 120 cm³/mol. The van der Waals surface area contributed by atoms with Crippen LogP contribution in [-0.2, 0) is 10.2 Å². The molecule has 0 aliphatic heterocycles. The average molecular weight is 420 g/mol. The minimum absolute atomic E-state index is 0.00471. The Morgan fingerprint density at radius 2 is 1.83 bits per heavy atom. The Labute approximate surface area is 181 Å². The molecule has 0 saturated carbocycles. The monoisotopic (exact) mass is 419 g/mol. The van der Waals surface area contributed by atoms with E-state index >= 15 is 0 Å². The number of hydrogen-bond donors (Lipinski definition) is 1. The van der Waals surface area contributed by atoms with Crippen molar-refractivity contribution in [3.63, 3.8) is 0 Å². The SMILES string of the molecule is Cc1ccccc1-n1c(SCC(=O)NCC#N)nnc1-c1ccc(C(C)(C)C)cc1. The smallest absolute Gasteiger partial charge is 0.231 e. The third-order valence-corrected chi connectivity index (χ3v) is 5.62. The van der Waals surface area contributed by atoms with Gasteiger partial charge in [-0.15, -0.1) is 10.2 Å². The first-order valence-electron chi connectivity index (χ1n) is 9.70. The van der Waals surface area contributed by atoms with Crippen LogP contribution >= 0.6 is 11.8 Å². The van der Waals surface area contributed by atoms with Crippen LogP contribution < -0.4 is 5.32 Å². The largest absolute Gasteiger partial charge is 0.342 e. The van der Waals surface area contributed by atoms with E-state index in [0.29, 0.717) is 5.16 Å². The van der Waals surface area contributed by atoms with Gasteiger partial charge in [-0.1, -0.05) is 75.0 Å². The lowest BCUT2D eigenvalue weighted by atomic mass is 9.87. The fourth-order valence-electron chi connectivity index (χ4n) is 3.02. The number of carbonyl (C=O) groups excluding carboxylic acids is 1. The highest BCUT2D eigenvalue weighted by Gasteiger charge is 2.19. The number of aryl methyl sites for hydroxylation is 1. The topological polar surface area (TPSA) is 83.6 Å². The van der Waals surface area contributed by atoms with Gasteiger partial charge in [0.15, 0.2) is 11.0 Å². The van der Waals surface area contributed by atoms with Crippen molar-refractivity contribution in [3.05, 3.63) is 59.7 Å². The van der Waals surface area contributed by atoms with Crippen molar-refractivity contribution in [2.75, 3.05) is 12.3 Å². The van der Waals surface area contributed by atoms with E-state index in [9.17, 15) is 4.79 Å². The van der Waals surface area contributed by atoms with Crippen LogP contribution in [0.25, 0.3) is 17.1 Å². The fraction of sp³-hybridized carbons (Fsp3) is 0.304. The van der Waals surface area contributed by atoms with E-state index in [1.807, 2.05) is 41.8 Å². The molecule has 0 fully saturated rings. The molecule has 1 N–H and O–H groups in total. The number of aromatic nitrogens is 3. The van der Waals surface area contributed by atoms with Gasteiger partial charge in [0.1, 0.15) is 6.54 Å². The van der Waals surface area contributed by atoms with Crippen molar-refractivity contribution in [2.24, 2.45) is 0 Å². The minimum Gasteiger partial charge on any atom is -0.342 e. The number of para-hydroxylation sites is 1. The van der Waals surface area contributed by atoms with Gasteiger partial charge in [0.2, 0.25) is 5.91 Å². The molecule has 1 heterocycles. The molecule has 7 heteroatoms. The molecule has 0 spiro atoms. The second-order valence-corrected chi connectivity index (χ2v) is 8.92. The van der Waals surface area contributed by atoms with Crippen LogP contribution in [0.4, 0.5) is 0 Å². The Morgan fingerprint density at radius 1 is 1.13 bits per heavy atom. The number of carbonyl (C=O) groups is 1. The molecule has 0 saturated heterocycles. The number of amides is 1. The summed E-state index contributed by atoms with van der Waals surface area (Å²) in [5.74, 6) is 0.677. The summed E-state index contributed by atoms with van der Waals surface area (Å²) in [6.45, 7) is 8.59. The molecule has 3 rings (SSSR count). The zero-order valence-corrected chi connectivity index (χ0v) is 18.5. The number of rotatable bonds is 6. The third-order valence-electron chi connectivity index (χ3n) is 4.70. The summed E-state index contributed by atoms with van der Waals surface area (Å²) in [5, 5.41) is 20.6. The van der Waals surface area contributed by atoms with E-state index in [-0.39, 0.29) is 23.6 Å². The molecule has 0 atom stereocenters. The highest BCUT2D eigenvalue weighted by molar-refractivity contribution is 7.99. The molecular weight excluding hydrogens is 394 g/mol. The summed E-state index contributed by atoms with van der Waals surface area (Å²) in [7, 11) is 0. The summed E-state index contributed by atoms with van der Waals surface area (Å²) >= 11 is 1.30. The first kappa shape index (κ1) is 21.6. The second-order valence-electron chi connectivity index (χ2n) is 7.98. The summed E-state index contributed by atoms with van der Waals surface area (Å²) in [5.41, 5.74) is 4.33. The van der Waals surface area contributed by atoms with Crippen LogP contribution in [-0.4, -0.2) is 33.0 Å². The van der Waals surface area contributed by atoms with Gasteiger partial charge in [-0.3, -0.25) is 9.36 Å². The van der Waals surface area contributed by atoms with Crippen LogP contribution in [0.15, 0.2) is 53.7 Å². The van der Waals surface area contributed by atoms with Crippen molar-refractivity contribution in [1.82, 2.24) is 20.1 Å². The highest BCUT2D eigenvalue weighted by Crippen LogP contribution is 2.31. The summed E-state index contributed by atoms with van der Waals surface area (Å²) < 4.78 is 1.99. The van der Waals surface area contributed by atoms with Crippen LogP contribution in [0, 0.1) is 18.3 Å². The number of nitrogens with zero attached hydrogens (tertiary/aromatic N) is 4. The van der Waals surface area contributed by atoms with Crippen molar-refractivity contribution in [3.8, 4) is 23.1 Å². The molecule has 1 aromatic heterocycles. The van der Waals surface area contributed by atoms with Gasteiger partial charge < -0.3 is 5.32 Å². The molecule has 2 aromatic carbocycles. The van der Waals surface area contributed by atoms with E-state index in [1.165, 1.54) is 17.3 Å². The van der Waals surface area contributed by atoms with E-state index in [1.54, 1.807) is 0 Å². The molecular formula is C23H25N5OS. The van der Waals surface area contributed by atoms with Crippen molar-refractivity contribution >= 4 is 17.7 Å². The first-order chi connectivity index (χ1) is 14.3.